The number of aliphatic carboxylic acids is 1. The number of carboxylic acids is 1. The average molecular weight is 271 g/mol. The van der Waals surface area contributed by atoms with E-state index in [1.54, 1.807) is 6.92 Å². The predicted molar refractivity (Wildman–Crippen MR) is 69.4 cm³/mol. The van der Waals surface area contributed by atoms with E-state index in [1.165, 1.54) is 24.3 Å². The summed E-state index contributed by atoms with van der Waals surface area (Å²) in [6.45, 7) is 1.58. The molecular weight excluding hydrogens is 258 g/mol. The van der Waals surface area contributed by atoms with Crippen molar-refractivity contribution in [2.24, 2.45) is 5.92 Å². The normalized spacial score (nSPS) is 12.6. The molecule has 0 heterocycles. The average Bonchev–Trinajstić information content (AvgIpc) is 2.44. The van der Waals surface area contributed by atoms with Crippen LogP contribution in [0.5, 0.6) is 0 Å². The largest absolute Gasteiger partial charge is 0.480 e. The summed E-state index contributed by atoms with van der Waals surface area (Å²) in [6, 6.07) is 8.52. The van der Waals surface area contributed by atoms with Crippen molar-refractivity contribution >= 4 is 11.9 Å². The van der Waals surface area contributed by atoms with E-state index in [0.717, 1.165) is 0 Å². The second-order valence-electron chi connectivity index (χ2n) is 4.32. The number of carbonyl (C=O) groups is 2. The fourth-order valence-electron chi connectivity index (χ4n) is 1.63. The number of rotatable bonds is 5. The molecule has 0 bridgehead atoms. The van der Waals surface area contributed by atoms with Gasteiger partial charge in [-0.3, -0.25) is 4.79 Å². The molecule has 2 atom stereocenters. The van der Waals surface area contributed by atoms with Gasteiger partial charge in [0, 0.05) is 17.9 Å². The third-order valence-electron chi connectivity index (χ3n) is 2.81. The molecule has 20 heavy (non-hydrogen) atoms. The molecule has 6 heteroatoms. The van der Waals surface area contributed by atoms with E-state index in [0.29, 0.717) is 5.56 Å². The molecule has 0 aromatic heterocycles. The van der Waals surface area contributed by atoms with Crippen molar-refractivity contribution in [3.63, 3.8) is 0 Å². The Labute approximate surface area is 116 Å². The van der Waals surface area contributed by atoms with Gasteiger partial charge in [0.1, 0.15) is 6.04 Å². The lowest BCUT2D eigenvalue weighted by atomic mass is 9.98. The smallest absolute Gasteiger partial charge is 0.326 e. The summed E-state index contributed by atoms with van der Waals surface area (Å²) in [6.07, 6.45) is 0.0324. The zero-order valence-electron chi connectivity index (χ0n) is 10.8. The molecule has 0 aliphatic carbocycles. The number of benzene rings is 1. The molecule has 1 amide bonds. The van der Waals surface area contributed by atoms with Crippen molar-refractivity contribution in [3.8, 4) is 12.1 Å². The number of nitrogens with one attached hydrogen (secondary N) is 1. The lowest BCUT2D eigenvalue weighted by Crippen LogP contribution is -2.45. The molecule has 1 aromatic rings. The van der Waals surface area contributed by atoms with Gasteiger partial charge in [-0.2, -0.15) is 10.5 Å². The summed E-state index contributed by atoms with van der Waals surface area (Å²) in [4.78, 5) is 23.0. The standard InChI is InChI=1S/C14H13N3O3/c1-9(6-7-15)12(14(19)20)17-13(18)11-4-2-10(8-16)3-5-11/h2-5,9,12H,6H2,1H3,(H,17,18)(H,19,20)/t9-,12+/m1/s1. The van der Waals surface area contributed by atoms with Crippen LogP contribution < -0.4 is 5.32 Å². The molecule has 0 saturated heterocycles. The molecule has 0 fully saturated rings. The number of amides is 1. The number of carbonyl (C=O) groups excluding carboxylic acids is 1. The minimum Gasteiger partial charge on any atom is -0.480 e. The van der Waals surface area contributed by atoms with Gasteiger partial charge in [-0.25, -0.2) is 4.79 Å². The molecule has 6 nitrogen and oxygen atoms in total. The lowest BCUT2D eigenvalue weighted by molar-refractivity contribution is -0.140. The molecule has 0 aliphatic rings. The van der Waals surface area contributed by atoms with Gasteiger partial charge in [-0.1, -0.05) is 6.92 Å². The van der Waals surface area contributed by atoms with Crippen molar-refractivity contribution in [2.75, 3.05) is 0 Å². The minimum absolute atomic E-state index is 0.0324. The van der Waals surface area contributed by atoms with Crippen LogP contribution in [0.3, 0.4) is 0 Å². The van der Waals surface area contributed by atoms with E-state index in [4.69, 9.17) is 15.6 Å². The maximum atomic E-state index is 11.9. The van der Waals surface area contributed by atoms with Crippen LogP contribution in [0.4, 0.5) is 0 Å². The number of carboxylic acid groups (broad SMARTS) is 1. The Morgan fingerprint density at radius 3 is 2.35 bits per heavy atom. The van der Waals surface area contributed by atoms with Crippen molar-refractivity contribution in [2.45, 2.75) is 19.4 Å². The summed E-state index contributed by atoms with van der Waals surface area (Å²) in [7, 11) is 0. The van der Waals surface area contributed by atoms with Gasteiger partial charge in [0.15, 0.2) is 0 Å². The van der Waals surface area contributed by atoms with Gasteiger partial charge in [0.25, 0.3) is 5.91 Å². The number of nitriles is 2. The first kappa shape index (κ1) is 15.2. The topological polar surface area (TPSA) is 114 Å². The van der Waals surface area contributed by atoms with Crippen molar-refractivity contribution in [1.29, 1.82) is 10.5 Å². The highest BCUT2D eigenvalue weighted by molar-refractivity contribution is 5.96. The fraction of sp³-hybridized carbons (Fsp3) is 0.286. The van der Waals surface area contributed by atoms with Crippen molar-refractivity contribution in [3.05, 3.63) is 35.4 Å². The van der Waals surface area contributed by atoms with Gasteiger partial charge in [-0.05, 0) is 24.3 Å². The van der Waals surface area contributed by atoms with E-state index < -0.39 is 23.8 Å². The van der Waals surface area contributed by atoms with Gasteiger partial charge < -0.3 is 10.4 Å². The Hall–Kier alpha value is -2.86. The Morgan fingerprint density at radius 2 is 1.90 bits per heavy atom. The zero-order chi connectivity index (χ0) is 15.1. The summed E-state index contributed by atoms with van der Waals surface area (Å²) in [5.74, 6) is -2.23. The SMILES string of the molecule is C[C@H](CC#N)[C@H](NC(=O)c1ccc(C#N)cc1)C(=O)O. The summed E-state index contributed by atoms with van der Waals surface area (Å²) in [5, 5.41) is 28.7. The van der Waals surface area contributed by atoms with Gasteiger partial charge >= 0.3 is 5.97 Å². The van der Waals surface area contributed by atoms with Crippen molar-refractivity contribution in [1.82, 2.24) is 5.32 Å². The third-order valence-corrected chi connectivity index (χ3v) is 2.81. The van der Waals surface area contributed by atoms with Crippen LogP contribution in [0, 0.1) is 28.6 Å². The Bertz CT molecular complexity index is 581. The predicted octanol–water partition coefficient (Wildman–Crippen LogP) is 1.29. The minimum atomic E-state index is -1.19. The maximum Gasteiger partial charge on any atom is 0.326 e. The highest BCUT2D eigenvalue weighted by atomic mass is 16.4. The molecule has 0 radical (unpaired) electrons. The molecule has 0 aliphatic heterocycles. The van der Waals surface area contributed by atoms with E-state index in [-0.39, 0.29) is 12.0 Å². The highest BCUT2D eigenvalue weighted by Gasteiger charge is 2.26. The number of hydrogen-bond donors (Lipinski definition) is 2. The first-order chi connectivity index (χ1) is 9.49. The first-order valence-corrected chi connectivity index (χ1v) is 5.90. The quantitative estimate of drug-likeness (QED) is 0.837. The van der Waals surface area contributed by atoms with E-state index in [9.17, 15) is 9.59 Å². The van der Waals surface area contributed by atoms with Crippen LogP contribution in [0.25, 0.3) is 0 Å². The number of nitrogens with zero attached hydrogens (tertiary/aromatic N) is 2. The van der Waals surface area contributed by atoms with E-state index in [1.807, 2.05) is 12.1 Å². The van der Waals surface area contributed by atoms with Crippen LogP contribution in [-0.2, 0) is 4.79 Å². The van der Waals surface area contributed by atoms with Crippen LogP contribution in [-0.4, -0.2) is 23.0 Å². The third kappa shape index (κ3) is 3.82. The zero-order valence-corrected chi connectivity index (χ0v) is 10.8. The molecule has 102 valence electrons. The van der Waals surface area contributed by atoms with Gasteiger partial charge in [-0.15, -0.1) is 0 Å². The second-order valence-corrected chi connectivity index (χ2v) is 4.32. The van der Waals surface area contributed by atoms with Crippen LogP contribution in [0.15, 0.2) is 24.3 Å². The maximum absolute atomic E-state index is 11.9. The fourth-order valence-corrected chi connectivity index (χ4v) is 1.63. The molecule has 0 unspecified atom stereocenters. The molecule has 0 spiro atoms. The van der Waals surface area contributed by atoms with Crippen LogP contribution in [0.1, 0.15) is 29.3 Å². The Balaban J connectivity index is 2.83. The molecular formula is C14H13N3O3. The van der Waals surface area contributed by atoms with Crippen LogP contribution in [0.2, 0.25) is 0 Å². The summed E-state index contributed by atoms with van der Waals surface area (Å²) in [5.41, 5.74) is 0.675. The van der Waals surface area contributed by atoms with E-state index in [2.05, 4.69) is 5.32 Å². The summed E-state index contributed by atoms with van der Waals surface area (Å²) < 4.78 is 0. The molecule has 2 N–H and O–H groups in total. The molecule has 0 saturated carbocycles. The second kappa shape index (κ2) is 6.91. The number of hydrogen-bond acceptors (Lipinski definition) is 4. The molecule has 1 rings (SSSR count). The van der Waals surface area contributed by atoms with E-state index >= 15 is 0 Å². The Morgan fingerprint density at radius 1 is 1.30 bits per heavy atom. The highest BCUT2D eigenvalue weighted by Crippen LogP contribution is 2.10. The Kier molecular flexibility index (Phi) is 5.25. The van der Waals surface area contributed by atoms with Gasteiger partial charge in [0.2, 0.25) is 0 Å². The lowest BCUT2D eigenvalue weighted by Gasteiger charge is -2.19. The first-order valence-electron chi connectivity index (χ1n) is 5.90. The summed E-state index contributed by atoms with van der Waals surface area (Å²) >= 11 is 0. The van der Waals surface area contributed by atoms with Gasteiger partial charge in [0.05, 0.1) is 17.7 Å². The van der Waals surface area contributed by atoms with Crippen molar-refractivity contribution < 1.29 is 14.7 Å². The monoisotopic (exact) mass is 271 g/mol. The van der Waals surface area contributed by atoms with Crippen LogP contribution >= 0.6 is 0 Å². The molecule has 1 aromatic carbocycles.